The third kappa shape index (κ3) is 6.49. The van der Waals surface area contributed by atoms with Gasteiger partial charge in [0.15, 0.2) is 7.85 Å². The summed E-state index contributed by atoms with van der Waals surface area (Å²) in [6, 6.07) is 0. The lowest BCUT2D eigenvalue weighted by atomic mass is 9.07. The molecule has 31 heteroatoms. The molecule has 9 rings (SSSR count). The summed E-state index contributed by atoms with van der Waals surface area (Å²) in [5.74, 6) is -1.56. The lowest BCUT2D eigenvalue weighted by Gasteiger charge is -2.40. The van der Waals surface area contributed by atoms with Crippen molar-refractivity contribution in [3.05, 3.63) is 0 Å². The summed E-state index contributed by atoms with van der Waals surface area (Å²) in [5, 5.41) is 0.642. The first-order valence-electron chi connectivity index (χ1n) is 16.6. The predicted molar refractivity (Wildman–Crippen MR) is 199 cm³/mol. The summed E-state index contributed by atoms with van der Waals surface area (Å²) in [6.45, 7) is 0.152. The Morgan fingerprint density at radius 1 is 0.720 bits per heavy atom. The Morgan fingerprint density at radius 2 is 1.06 bits per heavy atom. The highest BCUT2D eigenvalue weighted by molar-refractivity contribution is 7.90. The molecule has 0 saturated carbocycles. The Kier molecular flexibility index (Phi) is 8.09. The van der Waals surface area contributed by atoms with Crippen LogP contribution in [0, 0.1) is 0 Å². The number of cyclic esters (lactones) is 2. The first-order chi connectivity index (χ1) is 23.4. The number of fused-ring (bicyclic) bond motifs is 4. The molecule has 0 aromatic rings. The maximum Gasteiger partial charge on any atom is 0.405 e. The van der Waals surface area contributed by atoms with Crippen LogP contribution in [0.3, 0.4) is 0 Å². The second-order valence-electron chi connectivity index (χ2n) is 15.0. The Morgan fingerprint density at radius 3 is 1.32 bits per heavy atom. The average Bonchev–Trinajstić information content (AvgIpc) is 3.73. The fourth-order valence-electron chi connectivity index (χ4n) is 7.98. The van der Waals surface area contributed by atoms with Crippen molar-refractivity contribution in [2.24, 2.45) is 0 Å². The Bertz CT molecular complexity index is 1420. The molecule has 0 aromatic carbocycles. The van der Waals surface area contributed by atoms with Gasteiger partial charge in [0, 0.05) is 100 Å². The molecule has 9 saturated heterocycles. The zero-order valence-electron chi connectivity index (χ0n) is 26.9. The molecular formula is C19H15B19N2O10. The van der Waals surface area contributed by atoms with Gasteiger partial charge in [-0.3, -0.25) is 14.4 Å². The maximum absolute atomic E-state index is 12.8. The van der Waals surface area contributed by atoms with Gasteiger partial charge in [0.25, 0.3) is 0 Å². The van der Waals surface area contributed by atoms with Gasteiger partial charge >= 0.3 is 30.1 Å². The second kappa shape index (κ2) is 11.5. The molecule has 2 N–H and O–H groups in total. The number of alkyl carbamates (subject to hydrolysis) is 2. The molecule has 0 unspecified atom stereocenters. The van der Waals surface area contributed by atoms with Crippen LogP contribution >= 0.6 is 0 Å². The van der Waals surface area contributed by atoms with E-state index < -0.39 is 52.5 Å². The number of rotatable bonds is 16. The number of amides is 2. The molecule has 0 aromatic heterocycles. The molecule has 218 valence electrons. The standard InChI is InChI=1S/C15H11B19N2O7.C4H4O3/c16-6(37)1-2-7(38)41-5(3-35-8(39)42-10(17,18)29(12-21-31(12)22-12)13-23-32(13)24-13)4-36-9(40)43-11(19,20)30(14-25-33(14)26-14)15-27-34(15)28-15;5-3-1-2-4(6)7-3/h5H,1-4H2,(H,35,39)(H,36,40);1-2H2. The predicted octanol–water partition coefficient (Wildman–Crippen LogP) is -7.80. The molecule has 9 aliphatic rings. The van der Waals surface area contributed by atoms with Crippen molar-refractivity contribution in [1.82, 2.24) is 10.6 Å². The molecule has 0 atom stereocenters. The topological polar surface area (TPSA) is 163 Å². The van der Waals surface area contributed by atoms with Gasteiger partial charge in [-0.15, -0.1) is 0 Å². The van der Waals surface area contributed by atoms with E-state index in [9.17, 15) is 28.8 Å². The zero-order chi connectivity index (χ0) is 35.6. The van der Waals surface area contributed by atoms with Crippen molar-refractivity contribution in [1.29, 1.82) is 0 Å². The summed E-state index contributed by atoms with van der Waals surface area (Å²) in [4.78, 5) is 69.1. The number of hydrogen-bond donors (Lipinski definition) is 2. The van der Waals surface area contributed by atoms with E-state index in [0.29, 0.717) is 26.0 Å². The van der Waals surface area contributed by atoms with Gasteiger partial charge in [-0.05, 0) is 0 Å². The summed E-state index contributed by atoms with van der Waals surface area (Å²) < 4.78 is 20.4. The summed E-state index contributed by atoms with van der Waals surface area (Å²) in [7, 11) is 47.7. The molecule has 0 aliphatic carbocycles. The van der Waals surface area contributed by atoms with Crippen molar-refractivity contribution < 1.29 is 47.7 Å². The van der Waals surface area contributed by atoms with E-state index in [1.54, 1.807) is 0 Å². The van der Waals surface area contributed by atoms with Crippen LogP contribution in [0.5, 0.6) is 0 Å². The summed E-state index contributed by atoms with van der Waals surface area (Å²) >= 11 is 0. The van der Waals surface area contributed by atoms with Crippen LogP contribution in [0.15, 0.2) is 0 Å². The van der Waals surface area contributed by atoms with Crippen LogP contribution in [0.25, 0.3) is 0 Å². The molecule has 9 fully saturated rings. The van der Waals surface area contributed by atoms with Crippen LogP contribution in [0.1, 0.15) is 25.7 Å². The third-order valence-corrected chi connectivity index (χ3v) is 11.2. The highest BCUT2D eigenvalue weighted by Crippen LogP contribution is 2.75. The average molecular weight is 637 g/mol. The molecule has 2 amide bonds. The quantitative estimate of drug-likeness (QED) is 0.0720. The molecule has 12 nitrogen and oxygen atoms in total. The van der Waals surface area contributed by atoms with Crippen molar-refractivity contribution >= 4 is 172 Å². The van der Waals surface area contributed by atoms with E-state index in [1.165, 1.54) is 0 Å². The van der Waals surface area contributed by atoms with Gasteiger partial charge in [0.2, 0.25) is 0 Å². The lowest BCUT2D eigenvalue weighted by molar-refractivity contribution is -0.152. The third-order valence-electron chi connectivity index (χ3n) is 11.2. The summed E-state index contributed by atoms with van der Waals surface area (Å²) in [6.07, 6.45) is -2.91. The molecule has 18 radical (unpaired) electrons. The number of esters is 3. The van der Waals surface area contributed by atoms with Gasteiger partial charge in [-0.25, -0.2) is 9.59 Å². The normalized spacial score (nSPS) is 22.7. The van der Waals surface area contributed by atoms with E-state index in [0.717, 1.165) is 0 Å². The Balaban J connectivity index is 0.000000463. The van der Waals surface area contributed by atoms with Crippen molar-refractivity contribution in [2.75, 3.05) is 13.1 Å². The van der Waals surface area contributed by atoms with E-state index in [4.69, 9.17) is 53.4 Å². The van der Waals surface area contributed by atoms with E-state index in [2.05, 4.69) is 72.7 Å². The fourth-order valence-corrected chi connectivity index (χ4v) is 7.98. The fraction of sp³-hybridized carbons (Fsp3) is 0.684. The van der Waals surface area contributed by atoms with Crippen molar-refractivity contribution in [3.63, 3.8) is 0 Å². The summed E-state index contributed by atoms with van der Waals surface area (Å²) in [5.41, 5.74) is -0.680. The van der Waals surface area contributed by atoms with Gasteiger partial charge in [0.05, 0.1) is 38.0 Å². The number of nitrogens with one attached hydrogen (secondary N) is 2. The monoisotopic (exact) mass is 640 g/mol. The van der Waals surface area contributed by atoms with Crippen LogP contribution < -0.4 is 10.6 Å². The van der Waals surface area contributed by atoms with E-state index in [1.807, 2.05) is 0 Å². The van der Waals surface area contributed by atoms with E-state index in [-0.39, 0.29) is 72.2 Å². The molecule has 9 heterocycles. The van der Waals surface area contributed by atoms with Gasteiger partial charge in [-0.1, -0.05) is 0 Å². The number of carbonyl (C=O) groups is 6. The molecular weight excluding hydrogens is 622 g/mol. The second-order valence-corrected chi connectivity index (χ2v) is 15.0. The van der Waals surface area contributed by atoms with Gasteiger partial charge in [0.1, 0.15) is 50.9 Å². The minimum Gasteiger partial charge on any atom is -0.471 e. The van der Waals surface area contributed by atoms with Gasteiger partial charge in [-0.2, -0.15) is 20.0 Å². The van der Waals surface area contributed by atoms with Crippen LogP contribution in [-0.4, -0.2) is 202 Å². The molecule has 0 bridgehead atoms. The molecule has 9 aliphatic heterocycles. The maximum atomic E-state index is 12.8. The van der Waals surface area contributed by atoms with Crippen LogP contribution in [0.2, 0.25) is 20.0 Å². The Hall–Kier alpha value is -1.95. The highest BCUT2D eigenvalue weighted by atomic mass is 16.6. The zero-order valence-corrected chi connectivity index (χ0v) is 26.9. The SMILES string of the molecule is O=C1CCC(=O)O1.[B]C(=O)CCC(=O)OC(CNC(=O)OC([B])([B])B(C12[B]B1[B]2)C12[B]B1[B]2)CNC(=O)OC([B])([B])B(C12[B]B1[B]2)C12[B]B1[B]2. The van der Waals surface area contributed by atoms with Crippen molar-refractivity contribution in [3.8, 4) is 0 Å². The Labute approximate surface area is 304 Å². The highest BCUT2D eigenvalue weighted by Gasteiger charge is 2.88. The minimum atomic E-state index is -1.76. The minimum absolute atomic E-state index is 0.212. The van der Waals surface area contributed by atoms with Crippen LogP contribution in [0.4, 0.5) is 9.59 Å². The van der Waals surface area contributed by atoms with Gasteiger partial charge < -0.3 is 34.4 Å². The smallest absolute Gasteiger partial charge is 0.405 e. The first-order valence-corrected chi connectivity index (χ1v) is 16.6. The van der Waals surface area contributed by atoms with Crippen LogP contribution in [-0.2, 0) is 38.1 Å². The number of carbonyl (C=O) groups excluding carboxylic acids is 6. The van der Waals surface area contributed by atoms with E-state index >= 15 is 0 Å². The molecule has 0 spiro atoms. The number of ether oxygens (including phenoxy) is 4. The number of hydrogen-bond acceptors (Lipinski definition) is 10. The van der Waals surface area contributed by atoms with Crippen molar-refractivity contribution in [2.45, 2.75) is 62.4 Å². The lowest BCUT2D eigenvalue weighted by Crippen LogP contribution is -2.58. The first kappa shape index (κ1) is 35.1. The largest absolute Gasteiger partial charge is 0.471 e. The molecule has 50 heavy (non-hydrogen) atoms.